The maximum absolute atomic E-state index is 12.2. The zero-order chi connectivity index (χ0) is 15.5. The third-order valence-corrected chi connectivity index (χ3v) is 5.00. The second-order valence-corrected chi connectivity index (χ2v) is 6.28. The minimum atomic E-state index is -0.0467. The Bertz CT molecular complexity index is 552. The number of piperidine rings is 1. The highest BCUT2D eigenvalue weighted by atomic mass is 16.5. The van der Waals surface area contributed by atoms with Gasteiger partial charge in [-0.15, -0.1) is 0 Å². The molecule has 2 bridgehead atoms. The number of hydrogen-bond donors (Lipinski definition) is 1. The summed E-state index contributed by atoms with van der Waals surface area (Å²) in [6.07, 6.45) is 5.30. The topological polar surface area (TPSA) is 38.3 Å². The Balaban J connectivity index is 1.76. The van der Waals surface area contributed by atoms with Crippen molar-refractivity contribution in [1.29, 1.82) is 0 Å². The molecule has 1 aromatic rings. The first-order chi connectivity index (χ1) is 10.7. The highest BCUT2D eigenvalue weighted by Crippen LogP contribution is 2.40. The Morgan fingerprint density at radius 1 is 1.27 bits per heavy atom. The number of benzene rings is 1. The number of hydrogen-bond acceptors (Lipinski definition) is 3. The van der Waals surface area contributed by atoms with Crippen LogP contribution < -0.4 is 5.32 Å². The van der Waals surface area contributed by atoms with Crippen LogP contribution in [0.1, 0.15) is 32.3 Å². The van der Waals surface area contributed by atoms with Crippen molar-refractivity contribution in [2.75, 3.05) is 6.61 Å². The number of nitrogens with one attached hydrogen (secondary N) is 1. The molecule has 4 unspecified atom stereocenters. The normalized spacial score (nSPS) is 30.0. The first-order valence-corrected chi connectivity index (χ1v) is 8.40. The molecule has 1 aliphatic carbocycles. The molecular formula is C19H25NO2. The molecule has 2 aliphatic heterocycles. The van der Waals surface area contributed by atoms with Crippen LogP contribution in [0.5, 0.6) is 0 Å². The first-order valence-electron chi connectivity index (χ1n) is 8.40. The zero-order valence-electron chi connectivity index (χ0n) is 13.4. The molecule has 1 saturated heterocycles. The lowest BCUT2D eigenvalue weighted by atomic mass is 9.68. The lowest BCUT2D eigenvalue weighted by Crippen LogP contribution is -2.58. The van der Waals surface area contributed by atoms with Gasteiger partial charge in [-0.25, -0.2) is 0 Å². The molecule has 1 fully saturated rings. The van der Waals surface area contributed by atoms with Gasteiger partial charge in [-0.2, -0.15) is 0 Å². The van der Waals surface area contributed by atoms with E-state index in [1.807, 2.05) is 6.92 Å². The van der Waals surface area contributed by atoms with E-state index in [2.05, 4.69) is 48.6 Å². The number of ether oxygens (including phenoxy) is 1. The van der Waals surface area contributed by atoms with Crippen molar-refractivity contribution < 1.29 is 9.53 Å². The van der Waals surface area contributed by atoms with Gasteiger partial charge in [0.05, 0.1) is 12.5 Å². The molecule has 4 atom stereocenters. The molecule has 0 saturated carbocycles. The summed E-state index contributed by atoms with van der Waals surface area (Å²) in [7, 11) is 0. The van der Waals surface area contributed by atoms with Crippen molar-refractivity contribution >= 4 is 5.97 Å². The van der Waals surface area contributed by atoms with Crippen LogP contribution in [0.25, 0.3) is 0 Å². The molecule has 0 spiro atoms. The maximum Gasteiger partial charge on any atom is 0.310 e. The van der Waals surface area contributed by atoms with E-state index < -0.39 is 0 Å². The second kappa shape index (κ2) is 6.66. The second-order valence-electron chi connectivity index (χ2n) is 6.28. The standard InChI is InChI=1S/C19H25NO2/c1-3-14-11-18-16(19(21)22-4-2)12-15(14)17(20-18)10-13-8-6-5-7-9-13/h5-9,11,15-18,20H,3-4,10,12H2,1-2H3. The average Bonchev–Trinajstić information content (AvgIpc) is 2.55. The summed E-state index contributed by atoms with van der Waals surface area (Å²) in [6, 6.07) is 11.2. The van der Waals surface area contributed by atoms with Crippen molar-refractivity contribution in [2.45, 2.75) is 45.2 Å². The first kappa shape index (κ1) is 15.3. The molecule has 3 aliphatic rings. The van der Waals surface area contributed by atoms with E-state index in [9.17, 15) is 4.79 Å². The Morgan fingerprint density at radius 2 is 2.05 bits per heavy atom. The average molecular weight is 299 g/mol. The number of carbonyl (C=O) groups is 1. The highest BCUT2D eigenvalue weighted by molar-refractivity contribution is 5.74. The molecule has 0 amide bonds. The Hall–Kier alpha value is -1.61. The van der Waals surface area contributed by atoms with Crippen LogP contribution >= 0.6 is 0 Å². The van der Waals surface area contributed by atoms with Crippen LogP contribution in [0.3, 0.4) is 0 Å². The van der Waals surface area contributed by atoms with Gasteiger partial charge >= 0.3 is 5.97 Å². The smallest absolute Gasteiger partial charge is 0.310 e. The third kappa shape index (κ3) is 2.95. The molecule has 3 nitrogen and oxygen atoms in total. The molecule has 4 rings (SSSR count). The maximum atomic E-state index is 12.2. The third-order valence-electron chi connectivity index (χ3n) is 5.00. The number of rotatable bonds is 5. The lowest BCUT2D eigenvalue weighted by molar-refractivity contribution is -0.150. The van der Waals surface area contributed by atoms with Gasteiger partial charge in [-0.1, -0.05) is 48.9 Å². The van der Waals surface area contributed by atoms with Crippen molar-refractivity contribution in [3.05, 3.63) is 47.5 Å². The fourth-order valence-electron chi connectivity index (χ4n) is 3.93. The molecule has 1 aromatic carbocycles. The van der Waals surface area contributed by atoms with Crippen LogP contribution in [0.2, 0.25) is 0 Å². The van der Waals surface area contributed by atoms with Crippen molar-refractivity contribution in [1.82, 2.24) is 5.32 Å². The van der Waals surface area contributed by atoms with Crippen molar-refractivity contribution in [3.63, 3.8) is 0 Å². The summed E-state index contributed by atoms with van der Waals surface area (Å²) >= 11 is 0. The van der Waals surface area contributed by atoms with Gasteiger partial charge in [0.25, 0.3) is 0 Å². The Morgan fingerprint density at radius 3 is 2.68 bits per heavy atom. The van der Waals surface area contributed by atoms with E-state index in [0.29, 0.717) is 18.6 Å². The Labute approximate surface area is 132 Å². The van der Waals surface area contributed by atoms with E-state index in [4.69, 9.17) is 4.74 Å². The fourth-order valence-corrected chi connectivity index (χ4v) is 3.93. The molecular weight excluding hydrogens is 274 g/mol. The Kier molecular flexibility index (Phi) is 4.63. The summed E-state index contributed by atoms with van der Waals surface area (Å²) in [5.41, 5.74) is 2.86. The van der Waals surface area contributed by atoms with E-state index >= 15 is 0 Å². The van der Waals surface area contributed by atoms with Crippen molar-refractivity contribution in [2.24, 2.45) is 11.8 Å². The number of fused-ring (bicyclic) bond motifs is 2. The van der Waals surface area contributed by atoms with E-state index in [-0.39, 0.29) is 17.9 Å². The van der Waals surface area contributed by atoms with Gasteiger partial charge < -0.3 is 10.1 Å². The zero-order valence-corrected chi connectivity index (χ0v) is 13.4. The molecule has 0 aromatic heterocycles. The van der Waals surface area contributed by atoms with Gasteiger partial charge in [0.2, 0.25) is 0 Å². The summed E-state index contributed by atoms with van der Waals surface area (Å²) in [6.45, 7) is 4.55. The van der Waals surface area contributed by atoms with Crippen LogP contribution in [0, 0.1) is 11.8 Å². The highest BCUT2D eigenvalue weighted by Gasteiger charge is 2.44. The number of carbonyl (C=O) groups excluding carboxylic acids is 1. The SMILES string of the molecule is CCOC(=O)C1CC2C(CC)=CC1NC2Cc1ccccc1. The summed E-state index contributed by atoms with van der Waals surface area (Å²) in [5, 5.41) is 3.68. The van der Waals surface area contributed by atoms with Crippen LogP contribution in [-0.2, 0) is 16.0 Å². The largest absolute Gasteiger partial charge is 0.466 e. The minimum Gasteiger partial charge on any atom is -0.466 e. The van der Waals surface area contributed by atoms with Crippen LogP contribution in [0.15, 0.2) is 42.0 Å². The van der Waals surface area contributed by atoms with Crippen LogP contribution in [-0.4, -0.2) is 24.7 Å². The van der Waals surface area contributed by atoms with E-state index in [1.54, 1.807) is 0 Å². The fraction of sp³-hybridized carbons (Fsp3) is 0.526. The van der Waals surface area contributed by atoms with Gasteiger partial charge in [-0.3, -0.25) is 4.79 Å². The predicted molar refractivity (Wildman–Crippen MR) is 87.5 cm³/mol. The minimum absolute atomic E-state index is 0.0210. The molecule has 1 N–H and O–H groups in total. The molecule has 0 radical (unpaired) electrons. The van der Waals surface area contributed by atoms with E-state index in [1.165, 1.54) is 11.1 Å². The van der Waals surface area contributed by atoms with Gasteiger partial charge in [0.15, 0.2) is 0 Å². The van der Waals surface area contributed by atoms with Gasteiger partial charge in [0, 0.05) is 12.1 Å². The lowest BCUT2D eigenvalue weighted by Gasteiger charge is -2.46. The van der Waals surface area contributed by atoms with E-state index in [0.717, 1.165) is 19.3 Å². The predicted octanol–water partition coefficient (Wildman–Crippen LogP) is 3.11. The summed E-state index contributed by atoms with van der Waals surface area (Å²) in [5.74, 6) is 0.381. The summed E-state index contributed by atoms with van der Waals surface area (Å²) < 4.78 is 5.25. The summed E-state index contributed by atoms with van der Waals surface area (Å²) in [4.78, 5) is 12.2. The van der Waals surface area contributed by atoms with Gasteiger partial charge in [0.1, 0.15) is 0 Å². The molecule has 22 heavy (non-hydrogen) atoms. The molecule has 2 heterocycles. The quantitative estimate of drug-likeness (QED) is 0.670. The van der Waals surface area contributed by atoms with Crippen molar-refractivity contribution in [3.8, 4) is 0 Å². The van der Waals surface area contributed by atoms with Crippen LogP contribution in [0.4, 0.5) is 0 Å². The monoisotopic (exact) mass is 299 g/mol. The number of esters is 1. The molecule has 118 valence electrons. The molecule has 3 heteroatoms. The van der Waals surface area contributed by atoms with Gasteiger partial charge in [-0.05, 0) is 37.7 Å².